The lowest BCUT2D eigenvalue weighted by atomic mass is 9.91. The minimum Gasteiger partial charge on any atom is -0.381 e. The minimum atomic E-state index is -0.0230. The van der Waals surface area contributed by atoms with Gasteiger partial charge in [-0.15, -0.1) is 0 Å². The van der Waals surface area contributed by atoms with Crippen LogP contribution in [-0.2, 0) is 9.47 Å². The number of amides is 1. The molecule has 3 fully saturated rings. The van der Waals surface area contributed by atoms with Gasteiger partial charge in [0.05, 0.1) is 18.2 Å². The first-order valence-electron chi connectivity index (χ1n) is 8.57. The number of ether oxygens (including phenoxy) is 2. The zero-order chi connectivity index (χ0) is 15.7. The molecule has 2 N–H and O–H groups in total. The van der Waals surface area contributed by atoms with Gasteiger partial charge in [0.1, 0.15) is 0 Å². The van der Waals surface area contributed by atoms with E-state index in [9.17, 15) is 4.79 Å². The number of rotatable bonds is 3. The van der Waals surface area contributed by atoms with Crippen molar-refractivity contribution < 1.29 is 14.3 Å². The number of nitrogens with one attached hydrogen (secondary N) is 2. The molecule has 1 aromatic rings. The van der Waals surface area contributed by atoms with Gasteiger partial charge < -0.3 is 20.1 Å². The van der Waals surface area contributed by atoms with Crippen LogP contribution in [0.3, 0.4) is 0 Å². The molecule has 0 bridgehead atoms. The molecule has 0 radical (unpaired) electrons. The van der Waals surface area contributed by atoms with Crippen LogP contribution in [0.25, 0.3) is 0 Å². The molecular formula is C18H24N2O3. The molecule has 3 aliphatic rings. The molecule has 1 amide bonds. The summed E-state index contributed by atoms with van der Waals surface area (Å²) in [7, 11) is 0. The first-order valence-corrected chi connectivity index (χ1v) is 8.57. The minimum absolute atomic E-state index is 0.00135. The number of carbonyl (C=O) groups is 1. The maximum absolute atomic E-state index is 12.4. The SMILES string of the molecule is O=C(NC1COC2(CNC2)C1)c1ccc(C2CCOCC2)cc1. The highest BCUT2D eigenvalue weighted by molar-refractivity contribution is 5.94. The molecule has 1 aromatic carbocycles. The Morgan fingerprint density at radius 1 is 1.17 bits per heavy atom. The van der Waals surface area contributed by atoms with Crippen molar-refractivity contribution in [3.63, 3.8) is 0 Å². The lowest BCUT2D eigenvalue weighted by molar-refractivity contribution is -0.0360. The molecule has 0 aliphatic carbocycles. The summed E-state index contributed by atoms with van der Waals surface area (Å²) in [6, 6.07) is 8.19. The Balaban J connectivity index is 1.35. The lowest BCUT2D eigenvalue weighted by Crippen LogP contribution is -2.59. The Bertz CT molecular complexity index is 562. The summed E-state index contributed by atoms with van der Waals surface area (Å²) in [5.41, 5.74) is 2.02. The van der Waals surface area contributed by atoms with Gasteiger partial charge in [0.15, 0.2) is 0 Å². The van der Waals surface area contributed by atoms with Crippen molar-refractivity contribution in [1.82, 2.24) is 10.6 Å². The van der Waals surface area contributed by atoms with E-state index < -0.39 is 0 Å². The molecule has 3 heterocycles. The molecule has 0 saturated carbocycles. The Morgan fingerprint density at radius 2 is 1.91 bits per heavy atom. The van der Waals surface area contributed by atoms with Crippen molar-refractivity contribution in [2.24, 2.45) is 0 Å². The summed E-state index contributed by atoms with van der Waals surface area (Å²) in [4.78, 5) is 12.4. The topological polar surface area (TPSA) is 59.6 Å². The zero-order valence-electron chi connectivity index (χ0n) is 13.3. The van der Waals surface area contributed by atoms with E-state index in [1.165, 1.54) is 5.56 Å². The second kappa shape index (κ2) is 6.23. The second-order valence-electron chi connectivity index (χ2n) is 6.98. The zero-order valence-corrected chi connectivity index (χ0v) is 13.3. The Labute approximate surface area is 136 Å². The summed E-state index contributed by atoms with van der Waals surface area (Å²) in [6.07, 6.45) is 3.05. The molecule has 3 saturated heterocycles. The number of benzene rings is 1. The van der Waals surface area contributed by atoms with Gasteiger partial charge in [0.25, 0.3) is 5.91 Å². The quantitative estimate of drug-likeness (QED) is 0.886. The van der Waals surface area contributed by atoms with Crippen molar-refractivity contribution in [3.8, 4) is 0 Å². The molecular weight excluding hydrogens is 292 g/mol. The van der Waals surface area contributed by atoms with E-state index >= 15 is 0 Å². The van der Waals surface area contributed by atoms with Crippen LogP contribution in [-0.4, -0.2) is 50.5 Å². The fourth-order valence-electron chi connectivity index (χ4n) is 3.79. The van der Waals surface area contributed by atoms with E-state index in [2.05, 4.69) is 22.8 Å². The summed E-state index contributed by atoms with van der Waals surface area (Å²) < 4.78 is 11.2. The van der Waals surface area contributed by atoms with Gasteiger partial charge >= 0.3 is 0 Å². The van der Waals surface area contributed by atoms with Crippen LogP contribution in [0.1, 0.15) is 41.1 Å². The number of carbonyl (C=O) groups excluding carboxylic acids is 1. The summed E-state index contributed by atoms with van der Waals surface area (Å²) in [6.45, 7) is 4.10. The van der Waals surface area contributed by atoms with Gasteiger partial charge in [-0.05, 0) is 36.5 Å². The summed E-state index contributed by atoms with van der Waals surface area (Å²) in [5, 5.41) is 6.35. The predicted molar refractivity (Wildman–Crippen MR) is 86.7 cm³/mol. The molecule has 1 unspecified atom stereocenters. The maximum atomic E-state index is 12.4. The van der Waals surface area contributed by atoms with E-state index in [1.807, 2.05) is 12.1 Å². The monoisotopic (exact) mass is 316 g/mol. The molecule has 4 rings (SSSR count). The van der Waals surface area contributed by atoms with Gasteiger partial charge in [0.2, 0.25) is 0 Å². The molecule has 124 valence electrons. The smallest absolute Gasteiger partial charge is 0.251 e. The average Bonchev–Trinajstić information content (AvgIpc) is 3.00. The van der Waals surface area contributed by atoms with E-state index in [1.54, 1.807) is 0 Å². The standard InChI is InChI=1S/C18H24N2O3/c21-17(20-16-9-18(23-10-16)11-19-12-18)15-3-1-13(2-4-15)14-5-7-22-8-6-14/h1-4,14,16,19H,5-12H2,(H,20,21). The molecule has 3 aliphatic heterocycles. The van der Waals surface area contributed by atoms with E-state index in [0.717, 1.165) is 51.1 Å². The van der Waals surface area contributed by atoms with Gasteiger partial charge in [-0.25, -0.2) is 0 Å². The molecule has 23 heavy (non-hydrogen) atoms. The third-order valence-electron chi connectivity index (χ3n) is 5.30. The highest BCUT2D eigenvalue weighted by atomic mass is 16.5. The van der Waals surface area contributed by atoms with Crippen LogP contribution in [0.2, 0.25) is 0 Å². The lowest BCUT2D eigenvalue weighted by Gasteiger charge is -2.38. The van der Waals surface area contributed by atoms with Gasteiger partial charge in [-0.3, -0.25) is 4.79 Å². The first kappa shape index (κ1) is 15.1. The second-order valence-corrected chi connectivity index (χ2v) is 6.98. The van der Waals surface area contributed by atoms with Gasteiger partial charge in [-0.1, -0.05) is 12.1 Å². The van der Waals surface area contributed by atoms with Gasteiger partial charge in [-0.2, -0.15) is 0 Å². The molecule has 0 aromatic heterocycles. The number of hydrogen-bond donors (Lipinski definition) is 2. The van der Waals surface area contributed by atoms with Crippen LogP contribution in [0.15, 0.2) is 24.3 Å². The molecule has 5 nitrogen and oxygen atoms in total. The fraction of sp³-hybridized carbons (Fsp3) is 0.611. The fourth-order valence-corrected chi connectivity index (χ4v) is 3.79. The van der Waals surface area contributed by atoms with Gasteiger partial charge in [0, 0.05) is 38.3 Å². The number of hydrogen-bond acceptors (Lipinski definition) is 4. The molecule has 5 heteroatoms. The first-order chi connectivity index (χ1) is 11.2. The van der Waals surface area contributed by atoms with Crippen LogP contribution in [0, 0.1) is 0 Å². The highest BCUT2D eigenvalue weighted by Gasteiger charge is 2.45. The van der Waals surface area contributed by atoms with Crippen LogP contribution < -0.4 is 10.6 Å². The largest absolute Gasteiger partial charge is 0.381 e. The van der Waals surface area contributed by atoms with Crippen molar-refractivity contribution in [2.75, 3.05) is 32.9 Å². The normalized spacial score (nSPS) is 26.9. The third-order valence-corrected chi connectivity index (χ3v) is 5.30. The van der Waals surface area contributed by atoms with Crippen LogP contribution >= 0.6 is 0 Å². The van der Waals surface area contributed by atoms with Crippen molar-refractivity contribution in [1.29, 1.82) is 0 Å². The van der Waals surface area contributed by atoms with E-state index in [0.29, 0.717) is 12.5 Å². The Hall–Kier alpha value is -1.43. The third kappa shape index (κ3) is 3.13. The molecule has 1 atom stereocenters. The van der Waals surface area contributed by atoms with Crippen LogP contribution in [0.5, 0.6) is 0 Å². The highest BCUT2D eigenvalue weighted by Crippen LogP contribution is 2.30. The predicted octanol–water partition coefficient (Wildman–Crippen LogP) is 1.44. The van der Waals surface area contributed by atoms with Crippen molar-refractivity contribution >= 4 is 5.91 Å². The van der Waals surface area contributed by atoms with Crippen LogP contribution in [0.4, 0.5) is 0 Å². The maximum Gasteiger partial charge on any atom is 0.251 e. The van der Waals surface area contributed by atoms with Crippen molar-refractivity contribution in [3.05, 3.63) is 35.4 Å². The van der Waals surface area contributed by atoms with E-state index in [-0.39, 0.29) is 17.6 Å². The van der Waals surface area contributed by atoms with Crippen molar-refractivity contribution in [2.45, 2.75) is 36.8 Å². The Kier molecular flexibility index (Phi) is 4.09. The van der Waals surface area contributed by atoms with E-state index in [4.69, 9.17) is 9.47 Å². The summed E-state index contributed by atoms with van der Waals surface area (Å²) in [5.74, 6) is 0.566. The average molecular weight is 316 g/mol. The Morgan fingerprint density at radius 3 is 2.52 bits per heavy atom. The summed E-state index contributed by atoms with van der Waals surface area (Å²) >= 11 is 0. The molecule has 1 spiro atoms.